The van der Waals surface area contributed by atoms with Gasteiger partial charge in [-0.1, -0.05) is 30.3 Å². The monoisotopic (exact) mass is 284 g/mol. The maximum absolute atomic E-state index is 12.2. The Morgan fingerprint density at radius 3 is 2.57 bits per heavy atom. The Balaban J connectivity index is 2.00. The number of hydrogen-bond acceptors (Lipinski definition) is 3. The third-order valence-electron chi connectivity index (χ3n) is 3.33. The van der Waals surface area contributed by atoms with Crippen LogP contribution in [-0.2, 0) is 11.2 Å². The van der Waals surface area contributed by atoms with Crippen molar-refractivity contribution in [1.82, 2.24) is 0 Å². The molecule has 0 aliphatic carbocycles. The number of aryl methyl sites for hydroxylation is 1. The quantitative estimate of drug-likeness (QED) is 0.886. The molecule has 2 rings (SSSR count). The van der Waals surface area contributed by atoms with Crippen LogP contribution in [0, 0.1) is 6.92 Å². The lowest BCUT2D eigenvalue weighted by atomic mass is 10.1. The molecule has 0 spiro atoms. The van der Waals surface area contributed by atoms with E-state index in [4.69, 9.17) is 10.5 Å². The summed E-state index contributed by atoms with van der Waals surface area (Å²) in [5, 5.41) is 2.86. The number of methoxy groups -OCH3 is 1. The minimum atomic E-state index is -0.575. The van der Waals surface area contributed by atoms with Gasteiger partial charge in [0.15, 0.2) is 0 Å². The van der Waals surface area contributed by atoms with Crippen LogP contribution in [0.5, 0.6) is 5.75 Å². The summed E-state index contributed by atoms with van der Waals surface area (Å²) in [6.45, 7) is 1.92. The van der Waals surface area contributed by atoms with Gasteiger partial charge in [0.2, 0.25) is 5.91 Å². The van der Waals surface area contributed by atoms with E-state index in [0.29, 0.717) is 6.42 Å². The molecule has 2 aromatic carbocycles. The van der Waals surface area contributed by atoms with E-state index in [0.717, 1.165) is 22.6 Å². The Hall–Kier alpha value is -2.33. The van der Waals surface area contributed by atoms with Gasteiger partial charge in [-0.05, 0) is 42.7 Å². The molecule has 3 N–H and O–H groups in total. The Kier molecular flexibility index (Phi) is 4.95. The van der Waals surface area contributed by atoms with Crippen molar-refractivity contribution < 1.29 is 9.53 Å². The third kappa shape index (κ3) is 4.07. The van der Waals surface area contributed by atoms with E-state index in [9.17, 15) is 4.79 Å². The molecule has 1 amide bonds. The van der Waals surface area contributed by atoms with Crippen LogP contribution in [0.3, 0.4) is 0 Å². The van der Waals surface area contributed by atoms with E-state index in [2.05, 4.69) is 5.32 Å². The molecule has 21 heavy (non-hydrogen) atoms. The van der Waals surface area contributed by atoms with E-state index < -0.39 is 6.04 Å². The fourth-order valence-corrected chi connectivity index (χ4v) is 2.09. The molecule has 4 heteroatoms. The van der Waals surface area contributed by atoms with E-state index >= 15 is 0 Å². The smallest absolute Gasteiger partial charge is 0.241 e. The molecule has 1 atom stereocenters. The lowest BCUT2D eigenvalue weighted by Gasteiger charge is -2.14. The summed E-state index contributed by atoms with van der Waals surface area (Å²) in [6, 6.07) is 14.7. The predicted octanol–water partition coefficient (Wildman–Crippen LogP) is 2.51. The van der Waals surface area contributed by atoms with Gasteiger partial charge >= 0.3 is 0 Å². The van der Waals surface area contributed by atoms with Crippen LogP contribution >= 0.6 is 0 Å². The lowest BCUT2D eigenvalue weighted by molar-refractivity contribution is -0.117. The van der Waals surface area contributed by atoms with Crippen LogP contribution in [0.1, 0.15) is 11.1 Å². The normalized spacial score (nSPS) is 11.8. The molecule has 0 radical (unpaired) electrons. The molecular weight excluding hydrogens is 264 g/mol. The van der Waals surface area contributed by atoms with Crippen molar-refractivity contribution in [2.45, 2.75) is 19.4 Å². The summed E-state index contributed by atoms with van der Waals surface area (Å²) < 4.78 is 5.14. The number of carbonyl (C=O) groups is 1. The van der Waals surface area contributed by atoms with Gasteiger partial charge in [-0.2, -0.15) is 0 Å². The topological polar surface area (TPSA) is 64.3 Å². The molecule has 0 heterocycles. The van der Waals surface area contributed by atoms with Crippen molar-refractivity contribution in [3.05, 3.63) is 59.7 Å². The molecule has 0 aliphatic heterocycles. The highest BCUT2D eigenvalue weighted by molar-refractivity contribution is 5.95. The van der Waals surface area contributed by atoms with Gasteiger partial charge < -0.3 is 15.8 Å². The van der Waals surface area contributed by atoms with E-state index in [-0.39, 0.29) is 5.91 Å². The minimum Gasteiger partial charge on any atom is -0.497 e. The first-order valence-corrected chi connectivity index (χ1v) is 6.85. The largest absolute Gasteiger partial charge is 0.497 e. The molecule has 0 aliphatic rings. The summed E-state index contributed by atoms with van der Waals surface area (Å²) in [4.78, 5) is 12.2. The Morgan fingerprint density at radius 1 is 1.24 bits per heavy atom. The number of nitrogens with two attached hydrogens (primary N) is 1. The van der Waals surface area contributed by atoms with Gasteiger partial charge in [0, 0.05) is 5.69 Å². The summed E-state index contributed by atoms with van der Waals surface area (Å²) in [7, 11) is 1.61. The second kappa shape index (κ2) is 6.90. The number of nitrogens with one attached hydrogen (secondary N) is 1. The molecule has 110 valence electrons. The summed E-state index contributed by atoms with van der Waals surface area (Å²) in [5.74, 6) is 0.575. The maximum Gasteiger partial charge on any atom is 0.241 e. The highest BCUT2D eigenvalue weighted by atomic mass is 16.5. The number of hydrogen-bond donors (Lipinski definition) is 2. The number of ether oxygens (including phenoxy) is 1. The van der Waals surface area contributed by atoms with Gasteiger partial charge in [-0.25, -0.2) is 0 Å². The average Bonchev–Trinajstić information content (AvgIpc) is 2.50. The molecule has 0 bridgehead atoms. The molecule has 0 fully saturated rings. The predicted molar refractivity (Wildman–Crippen MR) is 84.5 cm³/mol. The van der Waals surface area contributed by atoms with E-state index in [1.54, 1.807) is 7.11 Å². The molecule has 4 nitrogen and oxygen atoms in total. The first-order valence-electron chi connectivity index (χ1n) is 6.85. The van der Waals surface area contributed by atoms with Crippen LogP contribution in [0.15, 0.2) is 48.5 Å². The SMILES string of the molecule is COc1ccc(NC(=O)C(N)Cc2ccccc2)c(C)c1. The van der Waals surface area contributed by atoms with Crippen molar-refractivity contribution in [3.63, 3.8) is 0 Å². The zero-order chi connectivity index (χ0) is 15.2. The van der Waals surface area contributed by atoms with E-state index in [1.165, 1.54) is 0 Å². The third-order valence-corrected chi connectivity index (χ3v) is 3.33. The number of benzene rings is 2. The van der Waals surface area contributed by atoms with Gasteiger partial charge in [0.05, 0.1) is 13.2 Å². The summed E-state index contributed by atoms with van der Waals surface area (Å²) >= 11 is 0. The fraction of sp³-hybridized carbons (Fsp3) is 0.235. The minimum absolute atomic E-state index is 0.188. The number of carbonyl (C=O) groups excluding carboxylic acids is 1. The van der Waals surface area contributed by atoms with Crippen LogP contribution in [0.4, 0.5) is 5.69 Å². The summed E-state index contributed by atoms with van der Waals surface area (Å²) in [5.41, 5.74) is 8.71. The second-order valence-electron chi connectivity index (χ2n) is 4.97. The van der Waals surface area contributed by atoms with Crippen LogP contribution in [0.25, 0.3) is 0 Å². The standard InChI is InChI=1S/C17H20N2O2/c1-12-10-14(21-2)8-9-16(12)19-17(20)15(18)11-13-6-4-3-5-7-13/h3-10,15H,11,18H2,1-2H3,(H,19,20). The van der Waals surface area contributed by atoms with Crippen molar-refractivity contribution >= 4 is 11.6 Å². The lowest BCUT2D eigenvalue weighted by Crippen LogP contribution is -2.37. The Labute approximate surface area is 124 Å². The first-order chi connectivity index (χ1) is 10.1. The maximum atomic E-state index is 12.2. The number of rotatable bonds is 5. The van der Waals surface area contributed by atoms with Crippen LogP contribution in [-0.4, -0.2) is 19.1 Å². The zero-order valence-corrected chi connectivity index (χ0v) is 12.3. The van der Waals surface area contributed by atoms with Crippen LogP contribution < -0.4 is 15.8 Å². The van der Waals surface area contributed by atoms with Gasteiger partial charge in [-0.3, -0.25) is 4.79 Å². The molecule has 0 saturated heterocycles. The van der Waals surface area contributed by atoms with Gasteiger partial charge in [0.25, 0.3) is 0 Å². The average molecular weight is 284 g/mol. The second-order valence-corrected chi connectivity index (χ2v) is 4.97. The molecule has 1 unspecified atom stereocenters. The van der Waals surface area contributed by atoms with Crippen LogP contribution in [0.2, 0.25) is 0 Å². The Bertz CT molecular complexity index is 611. The van der Waals surface area contributed by atoms with E-state index in [1.807, 2.05) is 55.5 Å². The number of anilines is 1. The molecule has 2 aromatic rings. The highest BCUT2D eigenvalue weighted by Crippen LogP contribution is 2.21. The molecule has 0 saturated carbocycles. The van der Waals surface area contributed by atoms with Crippen molar-refractivity contribution in [3.8, 4) is 5.75 Å². The first kappa shape index (κ1) is 15.1. The zero-order valence-electron chi connectivity index (χ0n) is 12.3. The summed E-state index contributed by atoms with van der Waals surface area (Å²) in [6.07, 6.45) is 0.516. The highest BCUT2D eigenvalue weighted by Gasteiger charge is 2.15. The van der Waals surface area contributed by atoms with Crippen molar-refractivity contribution in [1.29, 1.82) is 0 Å². The fourth-order valence-electron chi connectivity index (χ4n) is 2.09. The van der Waals surface area contributed by atoms with Gasteiger partial charge in [0.1, 0.15) is 5.75 Å². The number of amides is 1. The molecular formula is C17H20N2O2. The van der Waals surface area contributed by atoms with Crippen molar-refractivity contribution in [2.75, 3.05) is 12.4 Å². The molecule has 0 aromatic heterocycles. The van der Waals surface area contributed by atoms with Gasteiger partial charge in [-0.15, -0.1) is 0 Å². The van der Waals surface area contributed by atoms with Crippen molar-refractivity contribution in [2.24, 2.45) is 5.73 Å². The Morgan fingerprint density at radius 2 is 1.95 bits per heavy atom.